The Hall–Kier alpha value is -2.66. The van der Waals surface area contributed by atoms with Crippen molar-refractivity contribution in [1.29, 1.82) is 0 Å². The molecule has 0 aliphatic heterocycles. The highest BCUT2D eigenvalue weighted by atomic mass is 16.5. The second-order valence-corrected chi connectivity index (χ2v) is 9.54. The highest BCUT2D eigenvalue weighted by molar-refractivity contribution is 5.89. The number of carboxylic acids is 1. The number of methoxy groups -OCH3 is 1. The molecule has 32 heavy (non-hydrogen) atoms. The molecule has 0 amide bonds. The van der Waals surface area contributed by atoms with Crippen LogP contribution in [0.2, 0.25) is 0 Å². The van der Waals surface area contributed by atoms with E-state index in [4.69, 9.17) is 4.74 Å². The summed E-state index contributed by atoms with van der Waals surface area (Å²) < 4.78 is 7.72. The fourth-order valence-electron chi connectivity index (χ4n) is 4.78. The first-order valence-electron chi connectivity index (χ1n) is 11.9. The van der Waals surface area contributed by atoms with E-state index in [1.807, 2.05) is 12.3 Å². The number of hydrogen-bond donors (Lipinski definition) is 1. The summed E-state index contributed by atoms with van der Waals surface area (Å²) in [5.41, 5.74) is 6.11. The van der Waals surface area contributed by atoms with Gasteiger partial charge in [0.05, 0.1) is 16.8 Å². The van der Waals surface area contributed by atoms with Crippen LogP contribution in [0.3, 0.4) is 0 Å². The number of fused-ring (bicyclic) bond motifs is 1. The van der Waals surface area contributed by atoms with Gasteiger partial charge in [-0.3, -0.25) is 4.98 Å². The average Bonchev–Trinajstić information content (AvgIpc) is 3.71. The molecule has 0 saturated heterocycles. The third-order valence-electron chi connectivity index (χ3n) is 6.87. The molecule has 3 aromatic rings. The smallest absolute Gasteiger partial charge is 0.337 e. The van der Waals surface area contributed by atoms with Crippen LogP contribution in [0.1, 0.15) is 70.8 Å². The van der Waals surface area contributed by atoms with Crippen molar-refractivity contribution < 1.29 is 14.6 Å². The lowest BCUT2D eigenvalue weighted by molar-refractivity contribution is 0.0695. The van der Waals surface area contributed by atoms with Gasteiger partial charge in [-0.15, -0.1) is 0 Å². The normalized spacial score (nSPS) is 16.0. The molecule has 0 radical (unpaired) electrons. The molecule has 5 rings (SSSR count). The summed E-state index contributed by atoms with van der Waals surface area (Å²) in [7, 11) is 1.75. The third-order valence-corrected chi connectivity index (χ3v) is 6.87. The Morgan fingerprint density at radius 2 is 2.00 bits per heavy atom. The fraction of sp³-hybridized carbons (Fsp3) is 0.481. The van der Waals surface area contributed by atoms with Crippen LogP contribution in [-0.4, -0.2) is 34.3 Å². The number of aromatic carboxylic acids is 1. The Labute approximate surface area is 189 Å². The molecule has 2 fully saturated rings. The summed E-state index contributed by atoms with van der Waals surface area (Å²) in [6.07, 6.45) is 12.5. The van der Waals surface area contributed by atoms with E-state index in [0.717, 1.165) is 56.7 Å². The first-order chi connectivity index (χ1) is 15.6. The van der Waals surface area contributed by atoms with Crippen LogP contribution in [-0.2, 0) is 30.5 Å². The number of ether oxygens (including phenoxy) is 1. The van der Waals surface area contributed by atoms with Crippen LogP contribution in [0.15, 0.2) is 36.7 Å². The fourth-order valence-corrected chi connectivity index (χ4v) is 4.78. The number of nitrogens with zero attached hydrogens (tertiary/aromatic N) is 2. The maximum absolute atomic E-state index is 11.8. The van der Waals surface area contributed by atoms with Crippen molar-refractivity contribution in [3.05, 3.63) is 64.6 Å². The van der Waals surface area contributed by atoms with Gasteiger partial charge in [-0.2, -0.15) is 0 Å². The lowest BCUT2D eigenvalue weighted by atomic mass is 9.98. The zero-order chi connectivity index (χ0) is 22.1. The van der Waals surface area contributed by atoms with Crippen LogP contribution < -0.4 is 0 Å². The topological polar surface area (TPSA) is 64.3 Å². The number of aromatic nitrogens is 2. The van der Waals surface area contributed by atoms with Crippen LogP contribution in [0.25, 0.3) is 10.9 Å². The van der Waals surface area contributed by atoms with E-state index in [1.165, 1.54) is 34.9 Å². The van der Waals surface area contributed by atoms with Gasteiger partial charge in [0, 0.05) is 38.0 Å². The highest BCUT2D eigenvalue weighted by Crippen LogP contribution is 2.40. The largest absolute Gasteiger partial charge is 0.478 e. The van der Waals surface area contributed by atoms with Crippen molar-refractivity contribution in [2.24, 2.45) is 5.92 Å². The third kappa shape index (κ3) is 4.73. The first kappa shape index (κ1) is 21.2. The number of rotatable bonds is 11. The maximum Gasteiger partial charge on any atom is 0.337 e. The SMILES string of the molecule is COCCCc1cc(CCc2ncc(C3CC3)cc2C(=O)O)cc2ccn(CC3CC3)c12. The van der Waals surface area contributed by atoms with Gasteiger partial charge < -0.3 is 14.4 Å². The summed E-state index contributed by atoms with van der Waals surface area (Å²) in [6.45, 7) is 1.87. The summed E-state index contributed by atoms with van der Waals surface area (Å²) in [5, 5.41) is 11.0. The maximum atomic E-state index is 11.8. The Kier molecular flexibility index (Phi) is 6.01. The van der Waals surface area contributed by atoms with Crippen LogP contribution in [0.4, 0.5) is 0 Å². The molecule has 2 saturated carbocycles. The van der Waals surface area contributed by atoms with E-state index in [9.17, 15) is 9.90 Å². The highest BCUT2D eigenvalue weighted by Gasteiger charge is 2.26. The Bertz CT molecular complexity index is 1130. The van der Waals surface area contributed by atoms with Crippen molar-refractivity contribution in [3.8, 4) is 0 Å². The molecule has 0 unspecified atom stereocenters. The second kappa shape index (κ2) is 9.07. The van der Waals surface area contributed by atoms with Gasteiger partial charge in [-0.1, -0.05) is 6.07 Å². The monoisotopic (exact) mass is 432 g/mol. The summed E-state index contributed by atoms with van der Waals surface area (Å²) in [5.74, 6) is 0.463. The second-order valence-electron chi connectivity index (χ2n) is 9.54. The van der Waals surface area contributed by atoms with Gasteiger partial charge >= 0.3 is 5.97 Å². The molecule has 0 bridgehead atoms. The number of benzene rings is 1. The van der Waals surface area contributed by atoms with Crippen molar-refractivity contribution in [3.63, 3.8) is 0 Å². The molecule has 2 aliphatic rings. The quantitative estimate of drug-likeness (QED) is 0.413. The Morgan fingerprint density at radius 1 is 1.16 bits per heavy atom. The van der Waals surface area contributed by atoms with Gasteiger partial charge in [0.1, 0.15) is 0 Å². The minimum absolute atomic E-state index is 0.367. The molecule has 2 aliphatic carbocycles. The van der Waals surface area contributed by atoms with Gasteiger partial charge in [0.15, 0.2) is 0 Å². The van der Waals surface area contributed by atoms with E-state index in [0.29, 0.717) is 23.6 Å². The van der Waals surface area contributed by atoms with Crippen molar-refractivity contribution in [2.75, 3.05) is 13.7 Å². The number of carbonyl (C=O) groups is 1. The zero-order valence-corrected chi connectivity index (χ0v) is 18.8. The summed E-state index contributed by atoms with van der Waals surface area (Å²) in [6, 6.07) is 8.67. The molecule has 5 nitrogen and oxygen atoms in total. The van der Waals surface area contributed by atoms with Crippen molar-refractivity contribution in [1.82, 2.24) is 9.55 Å². The van der Waals surface area contributed by atoms with Gasteiger partial charge in [0.25, 0.3) is 0 Å². The van der Waals surface area contributed by atoms with Crippen LogP contribution in [0.5, 0.6) is 0 Å². The number of hydrogen-bond acceptors (Lipinski definition) is 3. The molecule has 5 heteroatoms. The number of pyridine rings is 1. The lowest BCUT2D eigenvalue weighted by Crippen LogP contribution is -2.08. The molecule has 2 aromatic heterocycles. The summed E-state index contributed by atoms with van der Waals surface area (Å²) >= 11 is 0. The van der Waals surface area contributed by atoms with Crippen molar-refractivity contribution >= 4 is 16.9 Å². The van der Waals surface area contributed by atoms with Crippen molar-refractivity contribution in [2.45, 2.75) is 63.8 Å². The molecule has 168 valence electrons. The lowest BCUT2D eigenvalue weighted by Gasteiger charge is -2.13. The van der Waals surface area contributed by atoms with E-state index >= 15 is 0 Å². The van der Waals surface area contributed by atoms with E-state index < -0.39 is 5.97 Å². The molecule has 0 atom stereocenters. The predicted octanol–water partition coefficient (Wildman–Crippen LogP) is 5.39. The molecular formula is C27H32N2O3. The van der Waals surface area contributed by atoms with Gasteiger partial charge in [-0.05, 0) is 98.1 Å². The minimum atomic E-state index is -0.872. The predicted molar refractivity (Wildman–Crippen MR) is 125 cm³/mol. The molecule has 2 heterocycles. The van der Waals surface area contributed by atoms with E-state index in [2.05, 4.69) is 33.9 Å². The van der Waals surface area contributed by atoms with Crippen LogP contribution in [0, 0.1) is 5.92 Å². The first-order valence-corrected chi connectivity index (χ1v) is 11.9. The Morgan fingerprint density at radius 3 is 2.72 bits per heavy atom. The molecule has 1 N–H and O–H groups in total. The van der Waals surface area contributed by atoms with E-state index in [1.54, 1.807) is 7.11 Å². The number of aryl methyl sites for hydroxylation is 3. The number of carboxylic acid groups (broad SMARTS) is 1. The molecular weight excluding hydrogens is 400 g/mol. The standard InChI is InChI=1S/C27H32N2O3/c1-32-12-2-3-21-13-19(14-22-10-11-29(26(21)22)17-18-4-5-18)6-9-25-24(27(30)31)15-23(16-28-25)20-7-8-20/h10-11,13-16,18,20H,2-9,12,17H2,1H3,(H,30,31). The van der Waals surface area contributed by atoms with E-state index in [-0.39, 0.29) is 0 Å². The average molecular weight is 433 g/mol. The molecule has 0 spiro atoms. The van der Waals surface area contributed by atoms with Crippen LogP contribution >= 0.6 is 0 Å². The minimum Gasteiger partial charge on any atom is -0.478 e. The summed E-state index contributed by atoms with van der Waals surface area (Å²) in [4.78, 5) is 16.4. The zero-order valence-electron chi connectivity index (χ0n) is 18.8. The Balaban J connectivity index is 1.39. The van der Waals surface area contributed by atoms with Gasteiger partial charge in [0.2, 0.25) is 0 Å². The molecule has 1 aromatic carbocycles. The van der Waals surface area contributed by atoms with Gasteiger partial charge in [-0.25, -0.2) is 4.79 Å².